The monoisotopic (exact) mass is 593 g/mol. The molecule has 0 spiro atoms. The number of aliphatic hydroxyl groups is 1. The number of rotatable bonds is 16. The lowest BCUT2D eigenvalue weighted by atomic mass is 9.70. The van der Waals surface area contributed by atoms with Crippen LogP contribution in [0, 0.1) is 5.41 Å². The number of quaternary nitrogens is 1. The Hall–Kier alpha value is -3.20. The van der Waals surface area contributed by atoms with E-state index in [1.54, 1.807) is 0 Å². The van der Waals surface area contributed by atoms with Crippen molar-refractivity contribution in [2.45, 2.75) is 44.9 Å². The van der Waals surface area contributed by atoms with Crippen LogP contribution in [-0.4, -0.2) is 101 Å². The fourth-order valence-electron chi connectivity index (χ4n) is 5.81. The third kappa shape index (κ3) is 8.46. The third-order valence-electron chi connectivity index (χ3n) is 8.70. The molecule has 1 aromatic carbocycles. The molecule has 0 aromatic heterocycles. The van der Waals surface area contributed by atoms with Gasteiger partial charge in [-0.15, -0.1) is 0 Å². The van der Waals surface area contributed by atoms with Crippen LogP contribution in [0.1, 0.15) is 54.4 Å². The van der Waals surface area contributed by atoms with Crippen LogP contribution in [0.15, 0.2) is 53.7 Å². The number of unbranched alkanes of at least 4 members (excludes halogenated alkanes) is 1. The molecule has 3 aliphatic rings. The van der Waals surface area contributed by atoms with Gasteiger partial charge in [0.2, 0.25) is 0 Å². The molecule has 0 radical (unpaired) electrons. The molecule has 2 unspecified atom stereocenters. The van der Waals surface area contributed by atoms with Crippen molar-refractivity contribution in [3.8, 4) is 0 Å². The van der Waals surface area contributed by atoms with E-state index in [0.717, 1.165) is 43.4 Å². The van der Waals surface area contributed by atoms with E-state index in [9.17, 15) is 14.7 Å². The Morgan fingerprint density at radius 3 is 2.56 bits per heavy atom. The van der Waals surface area contributed by atoms with Gasteiger partial charge < -0.3 is 28.7 Å². The van der Waals surface area contributed by atoms with Crippen LogP contribution in [0.5, 0.6) is 0 Å². The van der Waals surface area contributed by atoms with Gasteiger partial charge in [-0.05, 0) is 80.1 Å². The fourth-order valence-corrected chi connectivity index (χ4v) is 5.81. The highest BCUT2D eigenvalue weighted by molar-refractivity contribution is 5.77. The molecule has 43 heavy (non-hydrogen) atoms. The van der Waals surface area contributed by atoms with E-state index in [1.165, 1.54) is 40.3 Å². The average molecular weight is 594 g/mol. The van der Waals surface area contributed by atoms with Crippen molar-refractivity contribution in [3.63, 3.8) is 0 Å². The zero-order valence-corrected chi connectivity index (χ0v) is 26.6. The minimum Gasteiger partial charge on any atom is -0.465 e. The van der Waals surface area contributed by atoms with Crippen molar-refractivity contribution in [1.82, 2.24) is 4.90 Å². The molecule has 234 valence electrons. The number of allylic oxidation sites excluding steroid dienone is 7. The van der Waals surface area contributed by atoms with Gasteiger partial charge in [0.25, 0.3) is 0 Å². The molecule has 0 bridgehead atoms. The van der Waals surface area contributed by atoms with Gasteiger partial charge in [-0.1, -0.05) is 48.6 Å². The van der Waals surface area contributed by atoms with Crippen LogP contribution in [0.25, 0.3) is 6.08 Å². The molecule has 3 aliphatic carbocycles. The molecular weight excluding hydrogens is 544 g/mol. The van der Waals surface area contributed by atoms with Crippen LogP contribution < -0.4 is 0 Å². The minimum atomic E-state index is -1.34. The smallest absolute Gasteiger partial charge is 0.465 e. The number of benzene rings is 1. The second-order valence-electron chi connectivity index (χ2n) is 13.2. The first-order valence-corrected chi connectivity index (χ1v) is 15.5. The van der Waals surface area contributed by atoms with Crippen molar-refractivity contribution in [3.05, 3.63) is 75.9 Å². The number of likely N-dealkylation sites (N-methyl/N-ethyl adjacent to an activating group) is 2. The summed E-state index contributed by atoms with van der Waals surface area (Å²) in [5.41, 5.74) is 6.91. The SMILES string of the molecule is CN(C)CC[N+](C)(C)CCCOC(=O)C(C)(CO)COC(=O)OCCCCc1ccc2c3c1C=CC1=CC=CC(=CC2)C13. The molecule has 2 atom stereocenters. The lowest BCUT2D eigenvalue weighted by molar-refractivity contribution is -0.890. The van der Waals surface area contributed by atoms with E-state index >= 15 is 0 Å². The lowest BCUT2D eigenvalue weighted by Crippen LogP contribution is -2.45. The van der Waals surface area contributed by atoms with Gasteiger partial charge >= 0.3 is 12.1 Å². The predicted octanol–water partition coefficient (Wildman–Crippen LogP) is 4.82. The zero-order chi connectivity index (χ0) is 31.0. The largest absolute Gasteiger partial charge is 0.508 e. The van der Waals surface area contributed by atoms with Gasteiger partial charge in [-0.3, -0.25) is 4.79 Å². The molecular formula is C35H49N2O6+. The predicted molar refractivity (Wildman–Crippen MR) is 169 cm³/mol. The highest BCUT2D eigenvalue weighted by Gasteiger charge is 2.37. The molecule has 4 rings (SSSR count). The number of aryl methyl sites for hydroxylation is 1. The summed E-state index contributed by atoms with van der Waals surface area (Å²) >= 11 is 0. The summed E-state index contributed by atoms with van der Waals surface area (Å²) < 4.78 is 16.7. The molecule has 1 aromatic rings. The number of esters is 1. The van der Waals surface area contributed by atoms with E-state index in [4.69, 9.17) is 14.2 Å². The number of hydrogen-bond donors (Lipinski definition) is 1. The van der Waals surface area contributed by atoms with E-state index in [-0.39, 0.29) is 19.8 Å². The average Bonchev–Trinajstić information content (AvgIpc) is 3.00. The van der Waals surface area contributed by atoms with Gasteiger partial charge in [0.1, 0.15) is 12.0 Å². The minimum absolute atomic E-state index is 0.226. The summed E-state index contributed by atoms with van der Waals surface area (Å²) in [6.07, 6.45) is 16.7. The molecule has 0 aliphatic heterocycles. The summed E-state index contributed by atoms with van der Waals surface area (Å²) in [6.45, 7) is 4.03. The maximum absolute atomic E-state index is 12.7. The number of hydrogen-bond acceptors (Lipinski definition) is 7. The number of nitrogens with zero attached hydrogens (tertiary/aromatic N) is 2. The Kier molecular flexibility index (Phi) is 11.0. The van der Waals surface area contributed by atoms with Gasteiger partial charge in [-0.2, -0.15) is 0 Å². The van der Waals surface area contributed by atoms with Crippen molar-refractivity contribution >= 4 is 18.2 Å². The first-order chi connectivity index (χ1) is 20.5. The third-order valence-corrected chi connectivity index (χ3v) is 8.70. The maximum Gasteiger partial charge on any atom is 0.508 e. The van der Waals surface area contributed by atoms with E-state index in [2.05, 4.69) is 67.6 Å². The number of carbonyl (C=O) groups is 2. The van der Waals surface area contributed by atoms with E-state index in [0.29, 0.717) is 18.8 Å². The maximum atomic E-state index is 12.7. The van der Waals surface area contributed by atoms with Crippen molar-refractivity contribution < 1.29 is 33.4 Å². The quantitative estimate of drug-likeness (QED) is 0.167. The second kappa shape index (κ2) is 14.5. The summed E-state index contributed by atoms with van der Waals surface area (Å²) in [5, 5.41) is 9.86. The zero-order valence-electron chi connectivity index (χ0n) is 26.6. The highest BCUT2D eigenvalue weighted by Crippen LogP contribution is 2.46. The second-order valence-corrected chi connectivity index (χ2v) is 13.2. The number of aliphatic hydroxyl groups excluding tert-OH is 1. The molecule has 0 saturated carbocycles. The van der Waals surface area contributed by atoms with Crippen molar-refractivity contribution in [2.24, 2.45) is 5.41 Å². The van der Waals surface area contributed by atoms with Crippen LogP contribution in [0.3, 0.4) is 0 Å². The first kappa shape index (κ1) is 32.7. The fraction of sp³-hybridized carbons (Fsp3) is 0.543. The Balaban J connectivity index is 1.15. The summed E-state index contributed by atoms with van der Waals surface area (Å²) in [7, 11) is 8.40. The first-order valence-electron chi connectivity index (χ1n) is 15.5. The van der Waals surface area contributed by atoms with Gasteiger partial charge in [0.05, 0.1) is 47.0 Å². The lowest BCUT2D eigenvalue weighted by Gasteiger charge is -2.34. The van der Waals surface area contributed by atoms with Gasteiger partial charge in [0, 0.05) is 18.9 Å². The van der Waals surface area contributed by atoms with Crippen LogP contribution in [0.2, 0.25) is 0 Å². The molecule has 0 amide bonds. The van der Waals surface area contributed by atoms with Crippen molar-refractivity contribution in [2.75, 3.05) is 74.3 Å². The highest BCUT2D eigenvalue weighted by atomic mass is 16.7. The van der Waals surface area contributed by atoms with Crippen molar-refractivity contribution in [1.29, 1.82) is 0 Å². The Bertz CT molecular complexity index is 1290. The molecule has 1 N–H and O–H groups in total. The number of ether oxygens (including phenoxy) is 3. The van der Waals surface area contributed by atoms with Crippen LogP contribution in [0.4, 0.5) is 4.79 Å². The molecule has 0 heterocycles. The van der Waals surface area contributed by atoms with Crippen LogP contribution >= 0.6 is 0 Å². The molecule has 8 heteroatoms. The Morgan fingerprint density at radius 1 is 1.00 bits per heavy atom. The molecule has 0 fully saturated rings. The Labute approximate surface area is 256 Å². The normalized spacial score (nSPS) is 18.0. The van der Waals surface area contributed by atoms with E-state index in [1.807, 2.05) is 14.1 Å². The Morgan fingerprint density at radius 2 is 1.79 bits per heavy atom. The number of carbonyl (C=O) groups excluding carboxylic acids is 2. The van der Waals surface area contributed by atoms with E-state index < -0.39 is 24.1 Å². The topological polar surface area (TPSA) is 85.3 Å². The summed E-state index contributed by atoms with van der Waals surface area (Å²) in [5.74, 6) is -0.239. The molecule has 8 nitrogen and oxygen atoms in total. The summed E-state index contributed by atoms with van der Waals surface area (Å²) in [4.78, 5) is 27.0. The standard InChI is InChI=1S/C35H49N2O6/c1-35(24-38,33(39)41-23-9-20-37(4,5)21-19-36(2)3)25-43-34(40)42-22-7-6-10-26-13-14-29-16-15-27-11-8-12-28-17-18-30(26)32(29)31(27)28/h8,11-15,17-18,31,38H,6-7,9-10,16,19-25H2,1-5H3/q+1. The summed E-state index contributed by atoms with van der Waals surface area (Å²) in [6, 6.07) is 4.50. The van der Waals surface area contributed by atoms with Gasteiger partial charge in [-0.25, -0.2) is 4.79 Å². The van der Waals surface area contributed by atoms with Gasteiger partial charge in [0.15, 0.2) is 0 Å². The molecule has 0 saturated heterocycles. The van der Waals surface area contributed by atoms with Crippen LogP contribution in [-0.2, 0) is 31.8 Å².